The summed E-state index contributed by atoms with van der Waals surface area (Å²) in [7, 11) is 0. The number of terminal acetylenes is 1. The molecule has 2 unspecified atom stereocenters. The van der Waals surface area contributed by atoms with Crippen molar-refractivity contribution < 1.29 is 17.1 Å². The molecular formula is C53H88N4Pd. The predicted octanol–water partition coefficient (Wildman–Crippen LogP) is 15.7. The van der Waals surface area contributed by atoms with Crippen molar-refractivity contribution in [2.75, 3.05) is 11.4 Å². The quantitative estimate of drug-likeness (QED) is 0.100. The zero-order chi connectivity index (χ0) is 46.0. The van der Waals surface area contributed by atoms with Gasteiger partial charge in [0.25, 0.3) is 0 Å². The van der Waals surface area contributed by atoms with Gasteiger partial charge < -0.3 is 0 Å². The molecule has 4 nitrogen and oxygen atoms in total. The van der Waals surface area contributed by atoms with Gasteiger partial charge in [0, 0.05) is 0 Å². The van der Waals surface area contributed by atoms with Gasteiger partial charge in [-0.05, 0) is 13.3 Å². The van der Waals surface area contributed by atoms with Crippen LogP contribution in [0.15, 0.2) is 91.6 Å². The third-order valence-corrected chi connectivity index (χ3v) is 10.0. The SMILES string of the molecule is C#C.C/C=C/CC.C=CCN/C=C\N([CH]=[Pd]=[c]1n(C2=CC(C)C(C)C=C2C)ccn1-c1c(C)cc(C)cc1C)c1c(C)cc(C)cc1C.CC.CC.CC.CC.CC. The Morgan fingerprint density at radius 1 is 0.724 bits per heavy atom. The summed E-state index contributed by atoms with van der Waals surface area (Å²) in [6.07, 6.45) is 28.7. The van der Waals surface area contributed by atoms with Gasteiger partial charge in [-0.3, -0.25) is 0 Å². The molecule has 1 aliphatic rings. The van der Waals surface area contributed by atoms with Crippen LogP contribution in [0.4, 0.5) is 5.69 Å². The monoisotopic (exact) mass is 887 g/mol. The van der Waals surface area contributed by atoms with E-state index in [9.17, 15) is 0 Å². The van der Waals surface area contributed by atoms with Gasteiger partial charge in [-0.25, -0.2) is 0 Å². The Labute approximate surface area is 368 Å². The van der Waals surface area contributed by atoms with Gasteiger partial charge in [0.15, 0.2) is 0 Å². The van der Waals surface area contributed by atoms with Gasteiger partial charge in [0.05, 0.1) is 0 Å². The summed E-state index contributed by atoms with van der Waals surface area (Å²) in [6.45, 7) is 48.8. The Morgan fingerprint density at radius 2 is 1.17 bits per heavy atom. The molecule has 2 aromatic carbocycles. The fraction of sp³-hybridized carbons (Fsp3) is 0.472. The summed E-state index contributed by atoms with van der Waals surface area (Å²) in [5.41, 5.74) is 12.8. The minimum Gasteiger partial charge on any atom is -0.0683 e. The van der Waals surface area contributed by atoms with E-state index < -0.39 is 0 Å². The van der Waals surface area contributed by atoms with E-state index in [1.807, 2.05) is 88.4 Å². The van der Waals surface area contributed by atoms with Crippen LogP contribution in [-0.2, 0) is 17.1 Å². The van der Waals surface area contributed by atoms with Crippen LogP contribution in [0, 0.1) is 70.1 Å². The maximum atomic E-state index is 4.00. The molecule has 0 saturated carbocycles. The number of imidazole rings is 1. The Hall–Kier alpha value is -3.96. The van der Waals surface area contributed by atoms with E-state index in [4.69, 9.17) is 0 Å². The summed E-state index contributed by atoms with van der Waals surface area (Å²) in [5.74, 6) is 1.03. The summed E-state index contributed by atoms with van der Waals surface area (Å²) in [6, 6.07) is 9.12. The maximum Gasteiger partial charge on any atom is -0.0683 e. The van der Waals surface area contributed by atoms with Gasteiger partial charge in [-0.15, -0.1) is 12.8 Å². The van der Waals surface area contributed by atoms with Crippen molar-refractivity contribution in [2.24, 2.45) is 11.8 Å². The zero-order valence-corrected chi connectivity index (χ0v) is 42.7. The van der Waals surface area contributed by atoms with Crippen molar-refractivity contribution in [1.29, 1.82) is 0 Å². The Kier molecular flexibility index (Phi) is 39.1. The zero-order valence-electron chi connectivity index (χ0n) is 41.2. The van der Waals surface area contributed by atoms with Crippen LogP contribution < -0.4 is 10.2 Å². The fourth-order valence-corrected chi connectivity index (χ4v) is 7.85. The number of rotatable bonds is 9. The van der Waals surface area contributed by atoms with Crippen LogP contribution in [0.25, 0.3) is 11.4 Å². The number of nitrogens with zero attached hydrogens (tertiary/aromatic N) is 3. The van der Waals surface area contributed by atoms with Crippen LogP contribution in [-0.4, -0.2) is 20.3 Å². The van der Waals surface area contributed by atoms with Crippen LogP contribution in [0.5, 0.6) is 0 Å². The van der Waals surface area contributed by atoms with Crippen LogP contribution >= 0.6 is 0 Å². The number of nitrogens with one attached hydrogen (secondary N) is 1. The number of hydrogen-bond acceptors (Lipinski definition) is 2. The molecule has 0 amide bonds. The second-order valence-corrected chi connectivity index (χ2v) is 14.0. The second-order valence-electron chi connectivity index (χ2n) is 12.5. The number of aromatic nitrogens is 2. The Balaban J connectivity index is -0.000000748. The van der Waals surface area contributed by atoms with E-state index in [0.29, 0.717) is 11.8 Å². The molecule has 5 heteroatoms. The van der Waals surface area contributed by atoms with Crippen molar-refractivity contribution in [3.8, 4) is 18.5 Å². The van der Waals surface area contributed by atoms with E-state index in [1.165, 1.54) is 59.9 Å². The van der Waals surface area contributed by atoms with E-state index in [-0.39, 0.29) is 17.1 Å². The minimum atomic E-state index is 0.143. The fourth-order valence-electron chi connectivity index (χ4n) is 6.09. The molecule has 58 heavy (non-hydrogen) atoms. The molecule has 1 heterocycles. The topological polar surface area (TPSA) is 25.1 Å². The van der Waals surface area contributed by atoms with Gasteiger partial charge in [0.1, 0.15) is 0 Å². The van der Waals surface area contributed by atoms with Gasteiger partial charge in [-0.2, -0.15) is 0 Å². The molecule has 0 spiro atoms. The molecule has 1 N–H and O–H groups in total. The number of aryl methyl sites for hydroxylation is 6. The molecule has 330 valence electrons. The van der Waals surface area contributed by atoms with Gasteiger partial charge >= 0.3 is 256 Å². The largest absolute Gasteiger partial charge is 0.0683 e. The smallest absolute Gasteiger partial charge is 0.0683 e. The molecule has 0 saturated heterocycles. The Morgan fingerprint density at radius 3 is 1.60 bits per heavy atom. The normalized spacial score (nSPS) is 13.4. The first-order valence-electron chi connectivity index (χ1n) is 21.8. The minimum absolute atomic E-state index is 0.143. The summed E-state index contributed by atoms with van der Waals surface area (Å²) < 4.78 is 8.47. The molecule has 3 aromatic rings. The number of anilines is 1. The average Bonchev–Trinajstić information content (AvgIpc) is 3.63. The molecule has 0 radical (unpaired) electrons. The molecule has 4 rings (SSSR count). The van der Waals surface area contributed by atoms with E-state index in [0.717, 1.165) is 13.0 Å². The number of hydrogen-bond donors (Lipinski definition) is 1. The summed E-state index contributed by atoms with van der Waals surface area (Å²) >= 11 is 0.143. The average molecular weight is 888 g/mol. The van der Waals surface area contributed by atoms with E-state index in [1.54, 1.807) is 0 Å². The van der Waals surface area contributed by atoms with Gasteiger partial charge in [0.2, 0.25) is 0 Å². The van der Waals surface area contributed by atoms with Crippen LogP contribution in [0.3, 0.4) is 0 Å². The first kappa shape index (κ1) is 60.7. The standard InChI is InChI=1S/C21H26N2.C15H20N2.C5H10.5C2H6.C2H2.Pd/c1-14-9-18(5)21(19(6)10-14)23-8-7-22(13-23)20-12-16(3)15(2)11-17(20)4;1-6-7-16-8-9-17(5)15-13(3)10-12(2)11-14(15)4;1-3-5-4-2;6*1-2;/h7-12,15-16H,1-6H3;5-6,8-11,16H,1,7H2,2-4H3;3,5H,4H2,1-2H3;5*1-2H3;1-2H;/b;9-8-;5-3+;;;;;;;. The van der Waals surface area contributed by atoms with Crippen LogP contribution in [0.1, 0.15) is 144 Å². The van der Waals surface area contributed by atoms with Crippen molar-refractivity contribution in [1.82, 2.24) is 14.5 Å². The van der Waals surface area contributed by atoms with E-state index >= 15 is 0 Å². The van der Waals surface area contributed by atoms with Crippen molar-refractivity contribution >= 4 is 16.0 Å². The summed E-state index contributed by atoms with van der Waals surface area (Å²) in [4.78, 5) is 2.30. The van der Waals surface area contributed by atoms with Crippen molar-refractivity contribution in [2.45, 2.75) is 152 Å². The summed E-state index contributed by atoms with van der Waals surface area (Å²) in [5, 5.41) is 3.33. The first-order chi connectivity index (χ1) is 27.9. The third kappa shape index (κ3) is 20.1. The molecule has 1 aliphatic carbocycles. The number of allylic oxidation sites excluding steroid dienone is 6. The molecule has 1 aromatic heterocycles. The first-order valence-corrected chi connectivity index (χ1v) is 23.4. The van der Waals surface area contributed by atoms with Crippen LogP contribution in [0.2, 0.25) is 0 Å². The second kappa shape index (κ2) is 37.3. The Bertz CT molecular complexity index is 1750. The predicted molar refractivity (Wildman–Crippen MR) is 266 cm³/mol. The van der Waals surface area contributed by atoms with Gasteiger partial charge in [-0.1, -0.05) is 88.3 Å². The molecule has 0 fully saturated rings. The molecule has 0 aliphatic heterocycles. The van der Waals surface area contributed by atoms with E-state index in [2.05, 4.69) is 180 Å². The molecule has 2 atom stereocenters. The maximum absolute atomic E-state index is 4.00. The van der Waals surface area contributed by atoms with Crippen molar-refractivity contribution in [3.05, 3.63) is 129 Å². The number of benzene rings is 2. The molecule has 0 bridgehead atoms. The van der Waals surface area contributed by atoms with Crippen molar-refractivity contribution in [3.63, 3.8) is 0 Å². The molecular weight excluding hydrogens is 799 g/mol. The third-order valence-electron chi connectivity index (χ3n) is 8.23.